The van der Waals surface area contributed by atoms with Gasteiger partial charge < -0.3 is 19.3 Å². The van der Waals surface area contributed by atoms with E-state index in [-0.39, 0.29) is 12.7 Å². The van der Waals surface area contributed by atoms with Crippen LogP contribution in [0.1, 0.15) is 19.3 Å². The molecule has 1 atom stereocenters. The summed E-state index contributed by atoms with van der Waals surface area (Å²) >= 11 is 0. The molecule has 1 aliphatic rings. The highest BCUT2D eigenvalue weighted by Gasteiger charge is 2.13. The van der Waals surface area contributed by atoms with Gasteiger partial charge in [0.25, 0.3) is 0 Å². The Balaban J connectivity index is 1.82. The average Bonchev–Trinajstić information content (AvgIpc) is 2.25. The van der Waals surface area contributed by atoms with Crippen molar-refractivity contribution in [2.24, 2.45) is 0 Å². The predicted octanol–water partition coefficient (Wildman–Crippen LogP) is 0.581. The molecule has 1 rings (SSSR count). The second kappa shape index (κ2) is 8.17. The maximum absolute atomic E-state index is 8.44. The fourth-order valence-corrected chi connectivity index (χ4v) is 1.44. The molecule has 0 aromatic heterocycles. The monoisotopic (exact) mass is 204 g/mol. The first-order valence-electron chi connectivity index (χ1n) is 5.31. The third-order valence-corrected chi connectivity index (χ3v) is 2.19. The third-order valence-electron chi connectivity index (χ3n) is 2.19. The zero-order valence-electron chi connectivity index (χ0n) is 8.61. The van der Waals surface area contributed by atoms with Crippen molar-refractivity contribution < 1.29 is 19.3 Å². The van der Waals surface area contributed by atoms with Gasteiger partial charge in [0.2, 0.25) is 0 Å². The van der Waals surface area contributed by atoms with E-state index in [0.29, 0.717) is 26.4 Å². The van der Waals surface area contributed by atoms with Crippen LogP contribution in [0.5, 0.6) is 0 Å². The number of aliphatic hydroxyl groups excluding tert-OH is 1. The maximum Gasteiger partial charge on any atom is 0.0808 e. The SMILES string of the molecule is OCCOCCOCC1CCCCO1. The van der Waals surface area contributed by atoms with Crippen LogP contribution in [-0.4, -0.2) is 50.9 Å². The standard InChI is InChI=1S/C10H20O4/c11-4-6-12-7-8-13-9-10-3-1-2-5-14-10/h10-11H,1-9H2. The Labute approximate surface area is 85.2 Å². The van der Waals surface area contributed by atoms with E-state index in [4.69, 9.17) is 19.3 Å². The van der Waals surface area contributed by atoms with Crippen LogP contribution in [0.25, 0.3) is 0 Å². The van der Waals surface area contributed by atoms with Crippen molar-refractivity contribution in [3.05, 3.63) is 0 Å². The van der Waals surface area contributed by atoms with Gasteiger partial charge in [-0.05, 0) is 19.3 Å². The zero-order chi connectivity index (χ0) is 10.1. The summed E-state index contributed by atoms with van der Waals surface area (Å²) in [5.41, 5.74) is 0. The number of ether oxygens (including phenoxy) is 3. The van der Waals surface area contributed by atoms with Gasteiger partial charge in [0.15, 0.2) is 0 Å². The normalized spacial score (nSPS) is 22.5. The molecule has 0 aliphatic carbocycles. The minimum atomic E-state index is 0.0751. The van der Waals surface area contributed by atoms with Crippen molar-refractivity contribution in [1.29, 1.82) is 0 Å². The number of rotatable bonds is 7. The molecule has 0 spiro atoms. The fourth-order valence-electron chi connectivity index (χ4n) is 1.44. The van der Waals surface area contributed by atoms with E-state index >= 15 is 0 Å². The van der Waals surface area contributed by atoms with Gasteiger partial charge in [-0.15, -0.1) is 0 Å². The van der Waals surface area contributed by atoms with Crippen molar-refractivity contribution in [2.75, 3.05) is 39.6 Å². The van der Waals surface area contributed by atoms with Gasteiger partial charge in [-0.1, -0.05) is 0 Å². The molecule has 1 N–H and O–H groups in total. The van der Waals surface area contributed by atoms with Gasteiger partial charge in [0.1, 0.15) is 0 Å². The number of hydrogen-bond acceptors (Lipinski definition) is 4. The third kappa shape index (κ3) is 5.54. The molecular weight excluding hydrogens is 184 g/mol. The van der Waals surface area contributed by atoms with Crippen molar-refractivity contribution in [1.82, 2.24) is 0 Å². The zero-order valence-corrected chi connectivity index (χ0v) is 8.61. The average molecular weight is 204 g/mol. The van der Waals surface area contributed by atoms with E-state index in [9.17, 15) is 0 Å². The Morgan fingerprint density at radius 3 is 2.71 bits per heavy atom. The van der Waals surface area contributed by atoms with Crippen molar-refractivity contribution in [2.45, 2.75) is 25.4 Å². The topological polar surface area (TPSA) is 47.9 Å². The van der Waals surface area contributed by atoms with Gasteiger partial charge >= 0.3 is 0 Å². The molecule has 0 aromatic rings. The Kier molecular flexibility index (Phi) is 6.95. The molecule has 1 saturated heterocycles. The van der Waals surface area contributed by atoms with Gasteiger partial charge in [-0.2, -0.15) is 0 Å². The van der Waals surface area contributed by atoms with Crippen molar-refractivity contribution in [3.63, 3.8) is 0 Å². The summed E-state index contributed by atoms with van der Waals surface area (Å²) in [5, 5.41) is 8.44. The molecule has 0 amide bonds. The Morgan fingerprint density at radius 1 is 1.14 bits per heavy atom. The quantitative estimate of drug-likeness (QED) is 0.616. The number of hydrogen-bond donors (Lipinski definition) is 1. The molecule has 4 heteroatoms. The molecule has 4 nitrogen and oxygen atoms in total. The van der Waals surface area contributed by atoms with Gasteiger partial charge in [0, 0.05) is 6.61 Å². The van der Waals surface area contributed by atoms with Crippen molar-refractivity contribution >= 4 is 0 Å². The van der Waals surface area contributed by atoms with E-state index in [0.717, 1.165) is 13.0 Å². The molecule has 1 heterocycles. The first-order chi connectivity index (χ1) is 6.93. The second-order valence-electron chi connectivity index (χ2n) is 3.40. The van der Waals surface area contributed by atoms with E-state index < -0.39 is 0 Å². The molecule has 0 radical (unpaired) electrons. The smallest absolute Gasteiger partial charge is 0.0808 e. The van der Waals surface area contributed by atoms with Crippen LogP contribution in [0.3, 0.4) is 0 Å². The second-order valence-corrected chi connectivity index (χ2v) is 3.40. The van der Waals surface area contributed by atoms with Crippen LogP contribution in [0.2, 0.25) is 0 Å². The molecule has 0 aromatic carbocycles. The molecule has 1 fully saturated rings. The van der Waals surface area contributed by atoms with Crippen molar-refractivity contribution in [3.8, 4) is 0 Å². The minimum absolute atomic E-state index is 0.0751. The van der Waals surface area contributed by atoms with Crippen LogP contribution in [0.15, 0.2) is 0 Å². The largest absolute Gasteiger partial charge is 0.394 e. The maximum atomic E-state index is 8.44. The van der Waals surface area contributed by atoms with Crippen LogP contribution >= 0.6 is 0 Å². The summed E-state index contributed by atoms with van der Waals surface area (Å²) < 4.78 is 15.9. The highest BCUT2D eigenvalue weighted by Crippen LogP contribution is 2.12. The lowest BCUT2D eigenvalue weighted by Gasteiger charge is -2.22. The molecule has 1 unspecified atom stereocenters. The van der Waals surface area contributed by atoms with Crippen LogP contribution < -0.4 is 0 Å². The minimum Gasteiger partial charge on any atom is -0.394 e. The lowest BCUT2D eigenvalue weighted by Crippen LogP contribution is -2.25. The summed E-state index contributed by atoms with van der Waals surface area (Å²) in [6.45, 7) is 3.14. The fraction of sp³-hybridized carbons (Fsp3) is 1.00. The predicted molar refractivity (Wildman–Crippen MR) is 52.3 cm³/mol. The Bertz CT molecular complexity index is 123. The van der Waals surface area contributed by atoms with E-state index in [1.807, 2.05) is 0 Å². The first kappa shape index (κ1) is 11.9. The van der Waals surface area contributed by atoms with Crippen LogP contribution in [0.4, 0.5) is 0 Å². The van der Waals surface area contributed by atoms with Gasteiger partial charge in [0.05, 0.1) is 39.1 Å². The lowest BCUT2D eigenvalue weighted by atomic mass is 10.1. The summed E-state index contributed by atoms with van der Waals surface area (Å²) in [5.74, 6) is 0. The van der Waals surface area contributed by atoms with Crippen LogP contribution in [0, 0.1) is 0 Å². The molecule has 84 valence electrons. The summed E-state index contributed by atoms with van der Waals surface area (Å²) in [6, 6.07) is 0. The number of aliphatic hydroxyl groups is 1. The van der Waals surface area contributed by atoms with Gasteiger partial charge in [-0.3, -0.25) is 0 Å². The molecule has 0 bridgehead atoms. The summed E-state index contributed by atoms with van der Waals surface area (Å²) in [7, 11) is 0. The highest BCUT2D eigenvalue weighted by atomic mass is 16.5. The molecular formula is C10H20O4. The summed E-state index contributed by atoms with van der Waals surface area (Å²) in [6.07, 6.45) is 3.81. The first-order valence-corrected chi connectivity index (χ1v) is 5.31. The lowest BCUT2D eigenvalue weighted by molar-refractivity contribution is -0.0520. The van der Waals surface area contributed by atoms with E-state index in [2.05, 4.69) is 0 Å². The highest BCUT2D eigenvalue weighted by molar-refractivity contribution is 4.62. The Morgan fingerprint density at radius 2 is 2.00 bits per heavy atom. The molecule has 1 aliphatic heterocycles. The van der Waals surface area contributed by atoms with E-state index in [1.54, 1.807) is 0 Å². The van der Waals surface area contributed by atoms with Gasteiger partial charge in [-0.25, -0.2) is 0 Å². The molecule has 14 heavy (non-hydrogen) atoms. The molecule has 0 saturated carbocycles. The van der Waals surface area contributed by atoms with E-state index in [1.165, 1.54) is 12.8 Å². The summed E-state index contributed by atoms with van der Waals surface area (Å²) in [4.78, 5) is 0. The van der Waals surface area contributed by atoms with Crippen LogP contribution in [-0.2, 0) is 14.2 Å². The Hall–Kier alpha value is -0.160.